The standard InChI is InChI=1S/C11H20BNO2/c1-10(2)11(3,4)15-12(14-10)6-5-9-7-13-8-9/h5-6,9,13H,7-8H2,1-4H3/b6-5+. The first-order valence-corrected chi connectivity index (χ1v) is 5.65. The zero-order valence-electron chi connectivity index (χ0n) is 10.0. The van der Waals surface area contributed by atoms with Gasteiger partial charge in [0, 0.05) is 19.0 Å². The molecule has 2 rings (SSSR count). The van der Waals surface area contributed by atoms with Gasteiger partial charge >= 0.3 is 7.12 Å². The summed E-state index contributed by atoms with van der Waals surface area (Å²) in [5, 5.41) is 3.24. The van der Waals surface area contributed by atoms with Crippen molar-refractivity contribution in [2.45, 2.75) is 38.9 Å². The van der Waals surface area contributed by atoms with Gasteiger partial charge in [0.1, 0.15) is 0 Å². The Morgan fingerprint density at radius 1 is 1.13 bits per heavy atom. The Labute approximate surface area is 92.4 Å². The quantitative estimate of drug-likeness (QED) is 0.697. The van der Waals surface area contributed by atoms with E-state index in [4.69, 9.17) is 9.31 Å². The first-order chi connectivity index (χ1) is 6.91. The van der Waals surface area contributed by atoms with Crippen LogP contribution in [0, 0.1) is 5.92 Å². The van der Waals surface area contributed by atoms with Crippen LogP contribution in [0.5, 0.6) is 0 Å². The van der Waals surface area contributed by atoms with E-state index >= 15 is 0 Å². The Morgan fingerprint density at radius 3 is 2.07 bits per heavy atom. The summed E-state index contributed by atoms with van der Waals surface area (Å²) in [6, 6.07) is 0. The second-order valence-electron chi connectivity index (χ2n) is 5.43. The first kappa shape index (κ1) is 11.2. The lowest BCUT2D eigenvalue weighted by atomic mass is 9.87. The zero-order valence-corrected chi connectivity index (χ0v) is 10.0. The fourth-order valence-electron chi connectivity index (χ4n) is 1.66. The molecule has 15 heavy (non-hydrogen) atoms. The Kier molecular flexibility index (Phi) is 2.69. The molecule has 3 nitrogen and oxygen atoms in total. The fraction of sp³-hybridized carbons (Fsp3) is 0.818. The Balaban J connectivity index is 1.93. The minimum absolute atomic E-state index is 0.185. The fourth-order valence-corrected chi connectivity index (χ4v) is 1.66. The molecule has 0 amide bonds. The van der Waals surface area contributed by atoms with Gasteiger partial charge in [-0.3, -0.25) is 0 Å². The molecule has 2 aliphatic heterocycles. The van der Waals surface area contributed by atoms with E-state index in [-0.39, 0.29) is 18.3 Å². The Hall–Kier alpha value is -0.315. The summed E-state index contributed by atoms with van der Waals surface area (Å²) in [7, 11) is -0.185. The molecule has 0 unspecified atom stereocenters. The molecule has 0 atom stereocenters. The van der Waals surface area contributed by atoms with Crippen molar-refractivity contribution >= 4 is 7.12 Å². The topological polar surface area (TPSA) is 30.5 Å². The van der Waals surface area contributed by atoms with Crippen LogP contribution in [-0.4, -0.2) is 31.4 Å². The highest BCUT2D eigenvalue weighted by molar-refractivity contribution is 6.51. The van der Waals surface area contributed by atoms with Gasteiger partial charge < -0.3 is 14.6 Å². The number of hydrogen-bond donors (Lipinski definition) is 1. The molecule has 0 aliphatic carbocycles. The van der Waals surface area contributed by atoms with E-state index in [0.717, 1.165) is 13.1 Å². The van der Waals surface area contributed by atoms with Crippen LogP contribution in [-0.2, 0) is 9.31 Å². The first-order valence-electron chi connectivity index (χ1n) is 5.65. The summed E-state index contributed by atoms with van der Waals surface area (Å²) >= 11 is 0. The van der Waals surface area contributed by atoms with E-state index in [1.165, 1.54) is 0 Å². The van der Waals surface area contributed by atoms with Crippen LogP contribution >= 0.6 is 0 Å². The van der Waals surface area contributed by atoms with E-state index in [2.05, 4.69) is 39.1 Å². The number of hydrogen-bond acceptors (Lipinski definition) is 3. The van der Waals surface area contributed by atoms with Crippen LogP contribution in [0.15, 0.2) is 12.1 Å². The van der Waals surface area contributed by atoms with Crippen molar-refractivity contribution in [3.8, 4) is 0 Å². The number of rotatable bonds is 2. The van der Waals surface area contributed by atoms with Crippen molar-refractivity contribution in [1.29, 1.82) is 0 Å². The van der Waals surface area contributed by atoms with Gasteiger partial charge in [0.2, 0.25) is 0 Å². The molecular weight excluding hydrogens is 189 g/mol. The third-order valence-corrected chi connectivity index (χ3v) is 3.62. The molecule has 0 aromatic rings. The molecule has 0 spiro atoms. The van der Waals surface area contributed by atoms with Gasteiger partial charge in [-0.2, -0.15) is 0 Å². The van der Waals surface area contributed by atoms with Crippen LogP contribution in [0.25, 0.3) is 0 Å². The third-order valence-electron chi connectivity index (χ3n) is 3.62. The van der Waals surface area contributed by atoms with Crippen LogP contribution in [0.2, 0.25) is 0 Å². The van der Waals surface area contributed by atoms with Crippen molar-refractivity contribution in [3.63, 3.8) is 0 Å². The number of nitrogens with one attached hydrogen (secondary N) is 1. The maximum Gasteiger partial charge on any atom is 0.486 e. The maximum absolute atomic E-state index is 5.85. The minimum Gasteiger partial charge on any atom is -0.400 e. The summed E-state index contributed by atoms with van der Waals surface area (Å²) in [5.41, 5.74) is -0.445. The van der Waals surface area contributed by atoms with Gasteiger partial charge in [0.25, 0.3) is 0 Å². The molecule has 0 aromatic carbocycles. The van der Waals surface area contributed by atoms with Crippen LogP contribution in [0.1, 0.15) is 27.7 Å². The lowest BCUT2D eigenvalue weighted by Gasteiger charge is -2.32. The molecular formula is C11H20BNO2. The molecule has 2 aliphatic rings. The van der Waals surface area contributed by atoms with E-state index in [9.17, 15) is 0 Å². The second kappa shape index (κ2) is 3.61. The molecule has 2 saturated heterocycles. The van der Waals surface area contributed by atoms with Crippen molar-refractivity contribution in [2.75, 3.05) is 13.1 Å². The molecule has 0 radical (unpaired) electrons. The van der Waals surface area contributed by atoms with Gasteiger partial charge in [-0.25, -0.2) is 0 Å². The Morgan fingerprint density at radius 2 is 1.67 bits per heavy atom. The average Bonchev–Trinajstić information content (AvgIpc) is 2.17. The largest absolute Gasteiger partial charge is 0.486 e. The van der Waals surface area contributed by atoms with E-state index in [1.54, 1.807) is 0 Å². The minimum atomic E-state index is -0.222. The third kappa shape index (κ3) is 2.12. The van der Waals surface area contributed by atoms with Gasteiger partial charge in [0.05, 0.1) is 11.2 Å². The highest BCUT2D eigenvalue weighted by Crippen LogP contribution is 2.36. The maximum atomic E-state index is 5.85. The van der Waals surface area contributed by atoms with Gasteiger partial charge in [-0.05, 0) is 27.7 Å². The summed E-state index contributed by atoms with van der Waals surface area (Å²) < 4.78 is 11.7. The lowest BCUT2D eigenvalue weighted by molar-refractivity contribution is 0.00578. The molecule has 0 saturated carbocycles. The molecule has 1 N–H and O–H groups in total. The highest BCUT2D eigenvalue weighted by atomic mass is 16.7. The predicted molar refractivity (Wildman–Crippen MR) is 61.6 cm³/mol. The monoisotopic (exact) mass is 209 g/mol. The van der Waals surface area contributed by atoms with Crippen LogP contribution in [0.3, 0.4) is 0 Å². The second-order valence-corrected chi connectivity index (χ2v) is 5.43. The summed E-state index contributed by atoms with van der Waals surface area (Å²) in [5.74, 6) is 2.70. The summed E-state index contributed by atoms with van der Waals surface area (Å²) in [4.78, 5) is 0. The van der Waals surface area contributed by atoms with Gasteiger partial charge in [-0.1, -0.05) is 12.1 Å². The van der Waals surface area contributed by atoms with E-state index < -0.39 is 0 Å². The summed E-state index contributed by atoms with van der Waals surface area (Å²) in [6.07, 6.45) is 2.19. The average molecular weight is 209 g/mol. The van der Waals surface area contributed by atoms with E-state index in [1.807, 2.05) is 5.98 Å². The lowest BCUT2D eigenvalue weighted by Crippen LogP contribution is -2.41. The molecule has 0 aromatic heterocycles. The molecule has 2 fully saturated rings. The highest BCUT2D eigenvalue weighted by Gasteiger charge is 2.50. The normalized spacial score (nSPS) is 29.7. The van der Waals surface area contributed by atoms with Crippen molar-refractivity contribution in [2.24, 2.45) is 5.92 Å². The molecule has 2 heterocycles. The van der Waals surface area contributed by atoms with Crippen molar-refractivity contribution < 1.29 is 9.31 Å². The van der Waals surface area contributed by atoms with Crippen molar-refractivity contribution in [1.82, 2.24) is 5.32 Å². The van der Waals surface area contributed by atoms with E-state index in [0.29, 0.717) is 5.92 Å². The van der Waals surface area contributed by atoms with Gasteiger partial charge in [-0.15, -0.1) is 0 Å². The van der Waals surface area contributed by atoms with Crippen molar-refractivity contribution in [3.05, 3.63) is 12.1 Å². The van der Waals surface area contributed by atoms with Crippen LogP contribution < -0.4 is 5.32 Å². The summed E-state index contributed by atoms with van der Waals surface area (Å²) in [6.45, 7) is 10.5. The smallest absolute Gasteiger partial charge is 0.400 e. The zero-order chi connectivity index (χ0) is 11.1. The molecule has 84 valence electrons. The van der Waals surface area contributed by atoms with Gasteiger partial charge in [0.15, 0.2) is 0 Å². The predicted octanol–water partition coefficient (Wildman–Crippen LogP) is 1.39. The SMILES string of the molecule is CC1(C)OB(/C=C/C2CNC2)OC1(C)C. The van der Waals surface area contributed by atoms with Crippen LogP contribution in [0.4, 0.5) is 0 Å². The molecule has 4 heteroatoms. The Bertz CT molecular complexity index is 256. The molecule has 0 bridgehead atoms.